The first-order valence-corrected chi connectivity index (χ1v) is 6.42. The van der Waals surface area contributed by atoms with Gasteiger partial charge in [0, 0.05) is 25.8 Å². The number of hydrogen-bond donors (Lipinski definition) is 1. The van der Waals surface area contributed by atoms with Gasteiger partial charge < -0.3 is 10.0 Å². The quantitative estimate of drug-likeness (QED) is 0.908. The number of nitrogens with zero attached hydrogens (tertiary/aromatic N) is 1. The van der Waals surface area contributed by atoms with E-state index in [1.807, 2.05) is 0 Å². The highest BCUT2D eigenvalue weighted by atomic mass is 19.1. The van der Waals surface area contributed by atoms with Crippen molar-refractivity contribution in [2.24, 2.45) is 5.92 Å². The van der Waals surface area contributed by atoms with Crippen molar-refractivity contribution in [2.75, 3.05) is 19.7 Å². The molecule has 0 aromatic heterocycles. The van der Waals surface area contributed by atoms with Crippen molar-refractivity contribution in [1.29, 1.82) is 0 Å². The van der Waals surface area contributed by atoms with Crippen LogP contribution >= 0.6 is 0 Å². The summed E-state index contributed by atoms with van der Waals surface area (Å²) in [7, 11) is 0. The minimum atomic E-state index is -0.691. The molecule has 0 bridgehead atoms. The molecule has 0 saturated carbocycles. The van der Waals surface area contributed by atoms with Crippen LogP contribution in [0, 0.1) is 17.6 Å². The fraction of sp³-hybridized carbons (Fsp3) is 0.500. The first-order chi connectivity index (χ1) is 9.10. The first kappa shape index (κ1) is 13.9. The van der Waals surface area contributed by atoms with Gasteiger partial charge in [0.15, 0.2) is 0 Å². The number of carbonyl (C=O) groups is 1. The number of amides is 1. The number of halogens is 2. The van der Waals surface area contributed by atoms with Crippen LogP contribution in [0.5, 0.6) is 0 Å². The second kappa shape index (κ2) is 6.10. The van der Waals surface area contributed by atoms with Crippen molar-refractivity contribution in [2.45, 2.75) is 19.3 Å². The largest absolute Gasteiger partial charge is 0.396 e. The molecule has 1 atom stereocenters. The molecule has 19 heavy (non-hydrogen) atoms. The van der Waals surface area contributed by atoms with E-state index < -0.39 is 11.6 Å². The van der Waals surface area contributed by atoms with Crippen LogP contribution in [0.4, 0.5) is 8.78 Å². The fourth-order valence-electron chi connectivity index (χ4n) is 2.38. The average molecular weight is 269 g/mol. The molecule has 0 aliphatic carbocycles. The summed E-state index contributed by atoms with van der Waals surface area (Å²) in [6, 6.07) is 3.24. The molecule has 2 rings (SSSR count). The molecule has 1 aromatic rings. The Labute approximate surface area is 110 Å². The molecule has 1 fully saturated rings. The number of likely N-dealkylation sites (tertiary alicyclic amines) is 1. The molecular weight excluding hydrogens is 252 g/mol. The Hall–Kier alpha value is -1.49. The zero-order valence-electron chi connectivity index (χ0n) is 10.6. The predicted octanol–water partition coefficient (Wildman–Crippen LogP) is 1.74. The van der Waals surface area contributed by atoms with E-state index in [0.717, 1.165) is 25.0 Å². The summed E-state index contributed by atoms with van der Waals surface area (Å²) in [4.78, 5) is 13.7. The van der Waals surface area contributed by atoms with E-state index in [0.29, 0.717) is 13.1 Å². The maximum atomic E-state index is 13.5. The first-order valence-electron chi connectivity index (χ1n) is 6.42. The summed E-state index contributed by atoms with van der Waals surface area (Å²) in [6.07, 6.45) is 1.69. The summed E-state index contributed by atoms with van der Waals surface area (Å²) >= 11 is 0. The Morgan fingerprint density at radius 1 is 1.42 bits per heavy atom. The second-order valence-corrected chi connectivity index (χ2v) is 4.94. The van der Waals surface area contributed by atoms with Gasteiger partial charge in [0.1, 0.15) is 11.6 Å². The molecule has 1 saturated heterocycles. The van der Waals surface area contributed by atoms with Crippen molar-refractivity contribution in [1.82, 2.24) is 4.90 Å². The zero-order valence-corrected chi connectivity index (χ0v) is 10.6. The van der Waals surface area contributed by atoms with E-state index in [9.17, 15) is 13.6 Å². The van der Waals surface area contributed by atoms with Gasteiger partial charge in [0.05, 0.1) is 6.42 Å². The van der Waals surface area contributed by atoms with E-state index in [2.05, 4.69) is 0 Å². The van der Waals surface area contributed by atoms with Crippen molar-refractivity contribution < 1.29 is 18.7 Å². The van der Waals surface area contributed by atoms with Gasteiger partial charge in [0.2, 0.25) is 5.91 Å². The van der Waals surface area contributed by atoms with Crippen molar-refractivity contribution in [3.05, 3.63) is 35.4 Å². The van der Waals surface area contributed by atoms with Gasteiger partial charge in [-0.25, -0.2) is 8.78 Å². The molecule has 1 amide bonds. The van der Waals surface area contributed by atoms with Crippen LogP contribution in [0.2, 0.25) is 0 Å². The predicted molar refractivity (Wildman–Crippen MR) is 66.5 cm³/mol. The van der Waals surface area contributed by atoms with Crippen LogP contribution in [-0.4, -0.2) is 35.6 Å². The third-order valence-corrected chi connectivity index (χ3v) is 3.49. The Bertz CT molecular complexity index is 465. The Morgan fingerprint density at radius 3 is 2.89 bits per heavy atom. The summed E-state index contributed by atoms with van der Waals surface area (Å²) in [5.41, 5.74) is 0.206. The zero-order chi connectivity index (χ0) is 13.8. The highest BCUT2D eigenvalue weighted by Crippen LogP contribution is 2.18. The second-order valence-electron chi connectivity index (χ2n) is 4.94. The molecule has 1 aliphatic rings. The Morgan fingerprint density at radius 2 is 2.21 bits per heavy atom. The summed E-state index contributed by atoms with van der Waals surface area (Å²) in [6.45, 7) is 1.21. The number of piperidine rings is 1. The molecule has 1 heterocycles. The number of aliphatic hydroxyl groups is 1. The van der Waals surface area contributed by atoms with Crippen LogP contribution in [0.3, 0.4) is 0 Å². The van der Waals surface area contributed by atoms with Gasteiger partial charge in [-0.05, 0) is 30.4 Å². The molecule has 1 N–H and O–H groups in total. The molecule has 0 radical (unpaired) electrons. The molecular formula is C14H17F2NO2. The van der Waals surface area contributed by atoms with Crippen molar-refractivity contribution in [3.63, 3.8) is 0 Å². The monoisotopic (exact) mass is 269 g/mol. The average Bonchev–Trinajstić information content (AvgIpc) is 2.42. The SMILES string of the molecule is O=C(Cc1ccc(F)cc1F)N1CCCC(CO)C1. The van der Waals surface area contributed by atoms with Crippen LogP contribution < -0.4 is 0 Å². The standard InChI is InChI=1S/C14H17F2NO2/c15-12-4-3-11(13(16)7-12)6-14(19)17-5-1-2-10(8-17)9-18/h3-4,7,10,18H,1-2,5-6,8-9H2. The van der Waals surface area contributed by atoms with Crippen molar-refractivity contribution in [3.8, 4) is 0 Å². The lowest BCUT2D eigenvalue weighted by Gasteiger charge is -2.32. The number of hydrogen-bond acceptors (Lipinski definition) is 2. The third kappa shape index (κ3) is 3.50. The fourth-order valence-corrected chi connectivity index (χ4v) is 2.38. The molecule has 1 aliphatic heterocycles. The Kier molecular flexibility index (Phi) is 4.47. The van der Waals surface area contributed by atoms with Crippen LogP contribution in [0.1, 0.15) is 18.4 Å². The maximum Gasteiger partial charge on any atom is 0.227 e. The number of carbonyl (C=O) groups excluding carboxylic acids is 1. The third-order valence-electron chi connectivity index (χ3n) is 3.49. The van der Waals surface area contributed by atoms with Gasteiger partial charge in [-0.3, -0.25) is 4.79 Å². The molecule has 0 spiro atoms. The normalized spacial score (nSPS) is 19.5. The van der Waals surface area contributed by atoms with E-state index in [1.165, 1.54) is 6.07 Å². The van der Waals surface area contributed by atoms with Crippen molar-refractivity contribution >= 4 is 5.91 Å². The summed E-state index contributed by atoms with van der Waals surface area (Å²) in [5.74, 6) is -1.41. The summed E-state index contributed by atoms with van der Waals surface area (Å²) < 4.78 is 26.2. The lowest BCUT2D eigenvalue weighted by atomic mass is 9.98. The topological polar surface area (TPSA) is 40.5 Å². The van der Waals surface area contributed by atoms with Crippen LogP contribution in [0.15, 0.2) is 18.2 Å². The minimum Gasteiger partial charge on any atom is -0.396 e. The van der Waals surface area contributed by atoms with Gasteiger partial charge in [-0.1, -0.05) is 6.07 Å². The number of benzene rings is 1. The van der Waals surface area contributed by atoms with Gasteiger partial charge >= 0.3 is 0 Å². The lowest BCUT2D eigenvalue weighted by molar-refractivity contribution is -0.132. The van der Waals surface area contributed by atoms with E-state index in [4.69, 9.17) is 5.11 Å². The smallest absolute Gasteiger partial charge is 0.227 e. The lowest BCUT2D eigenvalue weighted by Crippen LogP contribution is -2.41. The molecule has 1 unspecified atom stereocenters. The van der Waals surface area contributed by atoms with E-state index >= 15 is 0 Å². The molecule has 1 aromatic carbocycles. The van der Waals surface area contributed by atoms with Crippen LogP contribution in [-0.2, 0) is 11.2 Å². The van der Waals surface area contributed by atoms with Crippen LogP contribution in [0.25, 0.3) is 0 Å². The maximum absolute atomic E-state index is 13.5. The molecule has 5 heteroatoms. The van der Waals surface area contributed by atoms with Gasteiger partial charge in [0.25, 0.3) is 0 Å². The van der Waals surface area contributed by atoms with E-state index in [1.54, 1.807) is 4.90 Å². The van der Waals surface area contributed by atoms with Gasteiger partial charge in [-0.2, -0.15) is 0 Å². The molecule has 3 nitrogen and oxygen atoms in total. The number of aliphatic hydroxyl groups excluding tert-OH is 1. The molecule has 104 valence electrons. The highest BCUT2D eigenvalue weighted by Gasteiger charge is 2.23. The number of rotatable bonds is 3. The van der Waals surface area contributed by atoms with Gasteiger partial charge in [-0.15, -0.1) is 0 Å². The minimum absolute atomic E-state index is 0.0642. The Balaban J connectivity index is 2.00. The van der Waals surface area contributed by atoms with E-state index in [-0.39, 0.29) is 30.4 Å². The highest BCUT2D eigenvalue weighted by molar-refractivity contribution is 5.78. The summed E-state index contributed by atoms with van der Waals surface area (Å²) in [5, 5.41) is 9.12.